The van der Waals surface area contributed by atoms with Crippen molar-refractivity contribution in [3.8, 4) is 5.75 Å². The van der Waals surface area contributed by atoms with Crippen molar-refractivity contribution < 1.29 is 9.53 Å². The van der Waals surface area contributed by atoms with Crippen molar-refractivity contribution in [1.82, 2.24) is 16.0 Å². The largest absolute Gasteiger partial charge is 0.496 e. The van der Waals surface area contributed by atoms with E-state index in [0.29, 0.717) is 18.7 Å². The molecule has 6 nitrogen and oxygen atoms in total. The molecule has 0 unspecified atom stereocenters. The fourth-order valence-electron chi connectivity index (χ4n) is 3.08. The van der Waals surface area contributed by atoms with Crippen molar-refractivity contribution in [3.05, 3.63) is 64.7 Å². The quantitative estimate of drug-likeness (QED) is 0.243. The Hall–Kier alpha value is -2.29. The molecule has 0 aliphatic heterocycles. The first-order valence-corrected chi connectivity index (χ1v) is 10.6. The minimum Gasteiger partial charge on any atom is -0.496 e. The lowest BCUT2D eigenvalue weighted by Gasteiger charge is -2.13. The smallest absolute Gasteiger partial charge is 0.251 e. The van der Waals surface area contributed by atoms with Gasteiger partial charge in [-0.05, 0) is 56.0 Å². The van der Waals surface area contributed by atoms with E-state index >= 15 is 0 Å². The van der Waals surface area contributed by atoms with Crippen LogP contribution >= 0.6 is 24.0 Å². The van der Waals surface area contributed by atoms with E-state index in [4.69, 9.17) is 4.74 Å². The number of guanidine groups is 1. The summed E-state index contributed by atoms with van der Waals surface area (Å²) in [5.41, 5.74) is 4.05. The average molecular weight is 538 g/mol. The summed E-state index contributed by atoms with van der Waals surface area (Å²) in [6.07, 6.45) is 1.75. The Morgan fingerprint density at radius 1 is 1.03 bits per heavy atom. The predicted octanol–water partition coefficient (Wildman–Crippen LogP) is 4.06. The molecule has 2 rings (SSSR count). The molecular weight excluding hydrogens is 503 g/mol. The molecule has 170 valence electrons. The zero-order valence-electron chi connectivity index (χ0n) is 19.0. The highest BCUT2D eigenvalue weighted by atomic mass is 127. The summed E-state index contributed by atoms with van der Waals surface area (Å²) < 4.78 is 5.46. The van der Waals surface area contributed by atoms with Crippen molar-refractivity contribution in [3.63, 3.8) is 0 Å². The summed E-state index contributed by atoms with van der Waals surface area (Å²) in [7, 11) is 1.70. The van der Waals surface area contributed by atoms with Gasteiger partial charge in [-0.1, -0.05) is 36.8 Å². The third kappa shape index (κ3) is 9.16. The van der Waals surface area contributed by atoms with E-state index in [0.717, 1.165) is 43.2 Å². The molecule has 3 N–H and O–H groups in total. The van der Waals surface area contributed by atoms with Gasteiger partial charge < -0.3 is 20.7 Å². The van der Waals surface area contributed by atoms with Crippen molar-refractivity contribution in [2.75, 3.05) is 26.7 Å². The summed E-state index contributed by atoms with van der Waals surface area (Å²) in [5, 5.41) is 9.56. The highest BCUT2D eigenvalue weighted by Crippen LogP contribution is 2.19. The predicted molar refractivity (Wildman–Crippen MR) is 139 cm³/mol. The third-order valence-corrected chi connectivity index (χ3v) is 4.61. The monoisotopic (exact) mass is 538 g/mol. The van der Waals surface area contributed by atoms with Crippen molar-refractivity contribution in [2.45, 2.75) is 40.2 Å². The zero-order valence-corrected chi connectivity index (χ0v) is 21.3. The van der Waals surface area contributed by atoms with Gasteiger partial charge in [0.05, 0.1) is 13.7 Å². The molecule has 0 aliphatic rings. The van der Waals surface area contributed by atoms with E-state index in [-0.39, 0.29) is 29.9 Å². The van der Waals surface area contributed by atoms with E-state index < -0.39 is 0 Å². The highest BCUT2D eigenvalue weighted by molar-refractivity contribution is 14.0. The Kier molecular flexibility index (Phi) is 12.7. The fraction of sp³-hybridized carbons (Fsp3) is 0.417. The number of halogens is 1. The van der Waals surface area contributed by atoms with Crippen LogP contribution in [0.1, 0.15) is 47.3 Å². The van der Waals surface area contributed by atoms with E-state index in [1.165, 1.54) is 11.1 Å². The Balaban J connectivity index is 0.00000480. The number of aliphatic imine (C=N–C) groups is 1. The number of rotatable bonds is 10. The molecular formula is C24H35IN4O2. The molecule has 0 heterocycles. The van der Waals surface area contributed by atoms with Crippen LogP contribution in [0.15, 0.2) is 47.5 Å². The molecule has 0 aliphatic carbocycles. The SMILES string of the molecule is CCCNC(=O)c1cccc(CN=C(NCC)NCCc2cc(C)ccc2OC)c1.I. The van der Waals surface area contributed by atoms with E-state index in [2.05, 4.69) is 40.0 Å². The third-order valence-electron chi connectivity index (χ3n) is 4.61. The lowest BCUT2D eigenvalue weighted by Crippen LogP contribution is -2.38. The zero-order chi connectivity index (χ0) is 21.8. The van der Waals surface area contributed by atoms with Gasteiger partial charge in [-0.15, -0.1) is 24.0 Å². The molecule has 2 aromatic carbocycles. The number of carbonyl (C=O) groups is 1. The minimum atomic E-state index is -0.0418. The van der Waals surface area contributed by atoms with Gasteiger partial charge in [0.15, 0.2) is 5.96 Å². The topological polar surface area (TPSA) is 74.8 Å². The molecule has 1 amide bonds. The van der Waals surface area contributed by atoms with E-state index in [1.54, 1.807) is 7.11 Å². The van der Waals surface area contributed by atoms with E-state index in [1.807, 2.05) is 44.2 Å². The Bertz CT molecular complexity index is 855. The molecule has 0 bridgehead atoms. The van der Waals surface area contributed by atoms with Crippen molar-refractivity contribution in [2.24, 2.45) is 4.99 Å². The van der Waals surface area contributed by atoms with Crippen LogP contribution in [-0.2, 0) is 13.0 Å². The molecule has 0 aromatic heterocycles. The molecule has 31 heavy (non-hydrogen) atoms. The number of aryl methyl sites for hydroxylation is 1. The summed E-state index contributed by atoms with van der Waals surface area (Å²) in [6.45, 7) is 8.86. The number of nitrogens with one attached hydrogen (secondary N) is 3. The van der Waals surface area contributed by atoms with Crippen LogP contribution < -0.4 is 20.7 Å². The number of hydrogen-bond donors (Lipinski definition) is 3. The van der Waals surface area contributed by atoms with Crippen LogP contribution in [0.25, 0.3) is 0 Å². The van der Waals surface area contributed by atoms with Crippen LogP contribution in [0.3, 0.4) is 0 Å². The Morgan fingerprint density at radius 2 is 1.84 bits per heavy atom. The normalized spacial score (nSPS) is 10.8. The second-order valence-electron chi connectivity index (χ2n) is 7.14. The number of nitrogens with zero attached hydrogens (tertiary/aromatic N) is 1. The van der Waals surface area contributed by atoms with Crippen LogP contribution in [0.5, 0.6) is 5.75 Å². The molecule has 0 spiro atoms. The lowest BCUT2D eigenvalue weighted by atomic mass is 10.1. The highest BCUT2D eigenvalue weighted by Gasteiger charge is 2.06. The first kappa shape index (κ1) is 26.7. The first-order valence-electron chi connectivity index (χ1n) is 10.6. The number of methoxy groups -OCH3 is 1. The second-order valence-corrected chi connectivity index (χ2v) is 7.14. The van der Waals surface area contributed by atoms with Gasteiger partial charge >= 0.3 is 0 Å². The van der Waals surface area contributed by atoms with Gasteiger partial charge in [0.1, 0.15) is 5.75 Å². The van der Waals surface area contributed by atoms with Crippen molar-refractivity contribution in [1.29, 1.82) is 0 Å². The second kappa shape index (κ2) is 14.7. The number of amides is 1. The van der Waals surface area contributed by atoms with Crippen LogP contribution in [-0.4, -0.2) is 38.6 Å². The Morgan fingerprint density at radius 3 is 2.55 bits per heavy atom. The maximum Gasteiger partial charge on any atom is 0.251 e. The molecule has 0 fully saturated rings. The van der Waals surface area contributed by atoms with Gasteiger partial charge in [0, 0.05) is 25.2 Å². The number of hydrogen-bond acceptors (Lipinski definition) is 3. The van der Waals surface area contributed by atoms with Crippen molar-refractivity contribution >= 4 is 35.8 Å². The van der Waals surface area contributed by atoms with Gasteiger partial charge in [-0.3, -0.25) is 4.79 Å². The molecule has 0 saturated carbocycles. The van der Waals surface area contributed by atoms with Gasteiger partial charge in [-0.2, -0.15) is 0 Å². The summed E-state index contributed by atoms with van der Waals surface area (Å²) in [5.74, 6) is 1.62. The molecule has 2 aromatic rings. The Labute approximate surface area is 203 Å². The average Bonchev–Trinajstić information content (AvgIpc) is 2.76. The lowest BCUT2D eigenvalue weighted by molar-refractivity contribution is 0.0953. The van der Waals surface area contributed by atoms with Gasteiger partial charge in [0.2, 0.25) is 0 Å². The summed E-state index contributed by atoms with van der Waals surface area (Å²) >= 11 is 0. The first-order chi connectivity index (χ1) is 14.6. The molecule has 0 atom stereocenters. The van der Waals surface area contributed by atoms with E-state index in [9.17, 15) is 4.79 Å². The van der Waals surface area contributed by atoms with Gasteiger partial charge in [0.25, 0.3) is 5.91 Å². The number of carbonyl (C=O) groups excluding carboxylic acids is 1. The van der Waals surface area contributed by atoms with Crippen LogP contribution in [0, 0.1) is 6.92 Å². The fourth-order valence-corrected chi connectivity index (χ4v) is 3.08. The summed E-state index contributed by atoms with van der Waals surface area (Å²) in [4.78, 5) is 16.8. The number of benzene rings is 2. The maximum absolute atomic E-state index is 12.2. The molecule has 0 radical (unpaired) electrons. The summed E-state index contributed by atoms with van der Waals surface area (Å²) in [6, 6.07) is 13.8. The number of ether oxygens (including phenoxy) is 1. The standard InChI is InChI=1S/C24H34N4O2.HI/c1-5-13-26-23(29)21-9-7-8-19(16-21)17-28-24(25-6-2)27-14-12-20-15-18(3)10-11-22(20)30-4;/h7-11,15-16H,5-6,12-14,17H2,1-4H3,(H,26,29)(H2,25,27,28);1H. The molecule has 7 heteroatoms. The minimum absolute atomic E-state index is 0. The van der Waals surface area contributed by atoms with Crippen LogP contribution in [0.2, 0.25) is 0 Å². The van der Waals surface area contributed by atoms with Gasteiger partial charge in [-0.25, -0.2) is 4.99 Å². The maximum atomic E-state index is 12.2. The van der Waals surface area contributed by atoms with Crippen LogP contribution in [0.4, 0.5) is 0 Å². The molecule has 0 saturated heterocycles.